The van der Waals surface area contributed by atoms with Crippen LogP contribution in [0.5, 0.6) is 5.75 Å². The quantitative estimate of drug-likeness (QED) is 0.340. The fourth-order valence-electron chi connectivity index (χ4n) is 3.76. The summed E-state index contributed by atoms with van der Waals surface area (Å²) < 4.78 is 7.06. The lowest BCUT2D eigenvalue weighted by molar-refractivity contribution is -0.132. The smallest absolute Gasteiger partial charge is 0.266 e. The first-order chi connectivity index (χ1) is 15.4. The molecule has 0 aliphatic carbocycles. The molecule has 1 aromatic heterocycles. The zero-order chi connectivity index (χ0) is 23.3. The van der Waals surface area contributed by atoms with Crippen molar-refractivity contribution in [2.24, 2.45) is 0 Å². The minimum atomic E-state index is -0.184. The third-order valence-electron chi connectivity index (χ3n) is 5.82. The molecule has 0 unspecified atom stereocenters. The Morgan fingerprint density at radius 1 is 1.06 bits per heavy atom. The molecule has 1 amide bonds. The Kier molecular flexibility index (Phi) is 7.96. The number of aromatic nitrogens is 2. The van der Waals surface area contributed by atoms with Gasteiger partial charge >= 0.3 is 0 Å². The van der Waals surface area contributed by atoms with E-state index in [4.69, 9.17) is 9.72 Å². The Bertz CT molecular complexity index is 1130. The van der Waals surface area contributed by atoms with Crippen LogP contribution in [-0.4, -0.2) is 45.3 Å². The summed E-state index contributed by atoms with van der Waals surface area (Å²) in [6.07, 6.45) is 1.78. The van der Waals surface area contributed by atoms with Gasteiger partial charge in [0.05, 0.1) is 29.5 Å². The average molecular weight is 454 g/mol. The minimum Gasteiger partial charge on any atom is -0.495 e. The second-order valence-corrected chi connectivity index (χ2v) is 8.77. The maximum absolute atomic E-state index is 13.5. The molecule has 1 heterocycles. The lowest BCUT2D eigenvalue weighted by atomic mass is 10.1. The van der Waals surface area contributed by atoms with E-state index in [1.165, 1.54) is 11.8 Å². The number of ether oxygens (including phenoxy) is 1. The summed E-state index contributed by atoms with van der Waals surface area (Å²) in [5.41, 5.74) is 1.03. The van der Waals surface area contributed by atoms with Gasteiger partial charge in [-0.05, 0) is 51.0 Å². The summed E-state index contributed by atoms with van der Waals surface area (Å²) in [6, 6.07) is 14.9. The van der Waals surface area contributed by atoms with Crippen molar-refractivity contribution >= 4 is 28.6 Å². The maximum atomic E-state index is 13.5. The van der Waals surface area contributed by atoms with Crippen LogP contribution in [-0.2, 0) is 4.79 Å². The highest BCUT2D eigenvalue weighted by atomic mass is 32.2. The first-order valence-corrected chi connectivity index (χ1v) is 12.0. The molecule has 0 N–H and O–H groups in total. The zero-order valence-corrected chi connectivity index (χ0v) is 20.2. The van der Waals surface area contributed by atoms with E-state index in [1.54, 1.807) is 17.7 Å². The summed E-state index contributed by atoms with van der Waals surface area (Å²) in [6.45, 7) is 8.33. The Hall–Kier alpha value is -2.80. The number of hydrogen-bond acceptors (Lipinski definition) is 5. The molecule has 0 aliphatic heterocycles. The minimum absolute atomic E-state index is 0.0488. The van der Waals surface area contributed by atoms with E-state index in [-0.39, 0.29) is 29.3 Å². The van der Waals surface area contributed by atoms with Crippen molar-refractivity contribution in [2.75, 3.05) is 12.9 Å². The Morgan fingerprint density at radius 3 is 2.34 bits per heavy atom. The molecular formula is C25H31N3O3S. The third-order valence-corrected chi connectivity index (χ3v) is 6.74. The van der Waals surface area contributed by atoms with Crippen LogP contribution in [0.1, 0.15) is 40.5 Å². The highest BCUT2D eigenvalue weighted by Gasteiger charge is 2.25. The van der Waals surface area contributed by atoms with Gasteiger partial charge in [0.25, 0.3) is 5.56 Å². The topological polar surface area (TPSA) is 64.4 Å². The first-order valence-electron chi connectivity index (χ1n) is 11.0. The molecule has 2 aromatic carbocycles. The fraction of sp³-hybridized carbons (Fsp3) is 0.400. The van der Waals surface area contributed by atoms with E-state index in [9.17, 15) is 9.59 Å². The summed E-state index contributed by atoms with van der Waals surface area (Å²) in [7, 11) is 1.57. The summed E-state index contributed by atoms with van der Waals surface area (Å²) in [4.78, 5) is 33.4. The van der Waals surface area contributed by atoms with Gasteiger partial charge < -0.3 is 9.64 Å². The largest absolute Gasteiger partial charge is 0.495 e. The molecule has 0 spiro atoms. The van der Waals surface area contributed by atoms with Crippen molar-refractivity contribution in [2.45, 2.75) is 57.8 Å². The van der Waals surface area contributed by atoms with Crippen LogP contribution in [0.3, 0.4) is 0 Å². The van der Waals surface area contributed by atoms with E-state index in [0.29, 0.717) is 27.5 Å². The normalized spacial score (nSPS) is 13.0. The van der Waals surface area contributed by atoms with E-state index in [0.717, 1.165) is 12.8 Å². The van der Waals surface area contributed by atoms with Gasteiger partial charge in [0.15, 0.2) is 5.16 Å². The van der Waals surface area contributed by atoms with E-state index >= 15 is 0 Å². The number of nitrogens with zero attached hydrogens (tertiary/aromatic N) is 3. The molecule has 170 valence electrons. The predicted octanol–water partition coefficient (Wildman–Crippen LogP) is 4.91. The Labute approximate surface area is 193 Å². The van der Waals surface area contributed by atoms with Crippen molar-refractivity contribution in [1.82, 2.24) is 14.5 Å². The number of fused-ring (bicyclic) bond motifs is 1. The van der Waals surface area contributed by atoms with Gasteiger partial charge in [0.1, 0.15) is 5.75 Å². The molecule has 6 nitrogen and oxygen atoms in total. The first kappa shape index (κ1) is 23.9. The maximum Gasteiger partial charge on any atom is 0.266 e. The van der Waals surface area contributed by atoms with E-state index in [2.05, 4.69) is 27.7 Å². The summed E-state index contributed by atoms with van der Waals surface area (Å²) in [5, 5.41) is 0.995. The molecule has 3 aromatic rings. The highest BCUT2D eigenvalue weighted by molar-refractivity contribution is 7.99. The second-order valence-electron chi connectivity index (χ2n) is 7.83. The van der Waals surface area contributed by atoms with Crippen molar-refractivity contribution in [1.29, 1.82) is 0 Å². The predicted molar refractivity (Wildman–Crippen MR) is 131 cm³/mol. The second kappa shape index (κ2) is 10.7. The van der Waals surface area contributed by atoms with Crippen molar-refractivity contribution in [3.05, 3.63) is 58.9 Å². The van der Waals surface area contributed by atoms with E-state index in [1.807, 2.05) is 47.4 Å². The zero-order valence-electron chi connectivity index (χ0n) is 19.4. The molecule has 0 radical (unpaired) electrons. The van der Waals surface area contributed by atoms with Crippen LogP contribution < -0.4 is 10.3 Å². The van der Waals surface area contributed by atoms with Gasteiger partial charge in [-0.1, -0.05) is 49.9 Å². The standard InChI is InChI=1S/C25H31N3O3S/c1-6-17(3)27(18(4)7-2)23(29)16-32-25-26-20-13-9-8-12-19(20)24(30)28(25)21-14-10-11-15-22(21)31-5/h8-15,17-18H,6-7,16H2,1-5H3/t17-,18+. The van der Waals surface area contributed by atoms with Gasteiger partial charge in [0, 0.05) is 12.1 Å². The monoisotopic (exact) mass is 453 g/mol. The van der Waals surface area contributed by atoms with Gasteiger partial charge in [0.2, 0.25) is 5.91 Å². The summed E-state index contributed by atoms with van der Waals surface area (Å²) >= 11 is 1.29. The number of para-hydroxylation sites is 3. The van der Waals surface area contributed by atoms with Gasteiger partial charge in [-0.15, -0.1) is 0 Å². The highest BCUT2D eigenvalue weighted by Crippen LogP contribution is 2.27. The van der Waals surface area contributed by atoms with Crippen LogP contribution >= 0.6 is 11.8 Å². The third kappa shape index (κ3) is 4.83. The SMILES string of the molecule is CC[C@@H](C)N(C(=O)CSc1nc2ccccc2c(=O)n1-c1ccccc1OC)[C@@H](C)CC. The van der Waals surface area contributed by atoms with Crippen LogP contribution in [0.2, 0.25) is 0 Å². The molecule has 0 aliphatic rings. The van der Waals surface area contributed by atoms with Crippen molar-refractivity contribution < 1.29 is 9.53 Å². The van der Waals surface area contributed by atoms with Crippen LogP contribution in [0, 0.1) is 0 Å². The van der Waals surface area contributed by atoms with Crippen LogP contribution in [0.25, 0.3) is 16.6 Å². The number of thioether (sulfide) groups is 1. The number of carbonyl (C=O) groups excluding carboxylic acids is 1. The van der Waals surface area contributed by atoms with Crippen LogP contribution in [0.4, 0.5) is 0 Å². The Balaban J connectivity index is 2.06. The number of methoxy groups -OCH3 is 1. The van der Waals surface area contributed by atoms with Gasteiger partial charge in [-0.3, -0.25) is 14.2 Å². The molecule has 3 rings (SSSR count). The molecule has 0 fully saturated rings. The Morgan fingerprint density at radius 2 is 1.69 bits per heavy atom. The number of carbonyl (C=O) groups is 1. The molecule has 0 saturated carbocycles. The number of hydrogen-bond donors (Lipinski definition) is 0. The van der Waals surface area contributed by atoms with Crippen molar-refractivity contribution in [3.63, 3.8) is 0 Å². The van der Waals surface area contributed by atoms with E-state index < -0.39 is 0 Å². The van der Waals surface area contributed by atoms with Crippen molar-refractivity contribution in [3.8, 4) is 11.4 Å². The lowest BCUT2D eigenvalue weighted by Crippen LogP contribution is -2.45. The lowest BCUT2D eigenvalue weighted by Gasteiger charge is -2.34. The molecule has 0 saturated heterocycles. The molecule has 0 bridgehead atoms. The molecule has 32 heavy (non-hydrogen) atoms. The van der Waals surface area contributed by atoms with Crippen LogP contribution in [0.15, 0.2) is 58.5 Å². The fourth-order valence-corrected chi connectivity index (χ4v) is 4.63. The molecule has 2 atom stereocenters. The molecular weight excluding hydrogens is 422 g/mol. The number of benzene rings is 2. The summed E-state index contributed by atoms with van der Waals surface area (Å²) in [5.74, 6) is 0.822. The van der Waals surface area contributed by atoms with Gasteiger partial charge in [-0.25, -0.2) is 4.98 Å². The molecule has 7 heteroatoms. The van der Waals surface area contributed by atoms with Gasteiger partial charge in [-0.2, -0.15) is 0 Å². The number of rotatable bonds is 9. The average Bonchev–Trinajstić information content (AvgIpc) is 2.82. The number of amides is 1.